The molecule has 0 amide bonds. The Labute approximate surface area is 130 Å². The average Bonchev–Trinajstić information content (AvgIpc) is 2.84. The molecule has 0 aliphatic rings. The maximum Gasteiger partial charge on any atom is 0.0498 e. The van der Waals surface area contributed by atoms with Gasteiger partial charge < -0.3 is 9.88 Å². The second kappa shape index (κ2) is 6.33. The van der Waals surface area contributed by atoms with Crippen molar-refractivity contribution in [3.05, 3.63) is 70.9 Å². The Bertz CT molecular complexity index is 732. The standard InChI is InChI=1S/C18H19ClN2/c1-20-12-15-13-21(10-9-14-5-3-2-4-6-14)18-11-16(19)7-8-17(15)18/h2-8,11,13,20H,9-10,12H2,1H3. The summed E-state index contributed by atoms with van der Waals surface area (Å²) < 4.78 is 2.31. The number of aromatic nitrogens is 1. The summed E-state index contributed by atoms with van der Waals surface area (Å²) in [6, 6.07) is 16.7. The van der Waals surface area contributed by atoms with E-state index in [0.29, 0.717) is 0 Å². The first-order valence-corrected chi connectivity index (χ1v) is 7.61. The molecule has 3 rings (SSSR count). The average molecular weight is 299 g/mol. The molecular weight excluding hydrogens is 280 g/mol. The fourth-order valence-corrected chi connectivity index (χ4v) is 2.92. The summed E-state index contributed by atoms with van der Waals surface area (Å²) >= 11 is 6.17. The topological polar surface area (TPSA) is 17.0 Å². The molecule has 0 saturated heterocycles. The van der Waals surface area contributed by atoms with Crippen LogP contribution in [0.15, 0.2) is 54.7 Å². The molecule has 0 aliphatic heterocycles. The first-order valence-electron chi connectivity index (χ1n) is 7.24. The Morgan fingerprint density at radius 3 is 2.67 bits per heavy atom. The third-order valence-electron chi connectivity index (χ3n) is 3.78. The number of benzene rings is 2. The molecular formula is C18H19ClN2. The third-order valence-corrected chi connectivity index (χ3v) is 4.01. The Hall–Kier alpha value is -1.77. The number of hydrogen-bond acceptors (Lipinski definition) is 1. The van der Waals surface area contributed by atoms with E-state index in [2.05, 4.69) is 58.5 Å². The van der Waals surface area contributed by atoms with Gasteiger partial charge in [-0.3, -0.25) is 0 Å². The maximum absolute atomic E-state index is 6.17. The van der Waals surface area contributed by atoms with E-state index in [9.17, 15) is 0 Å². The van der Waals surface area contributed by atoms with E-state index in [1.807, 2.05) is 13.1 Å². The monoisotopic (exact) mass is 298 g/mol. The van der Waals surface area contributed by atoms with Gasteiger partial charge in [0.05, 0.1) is 0 Å². The van der Waals surface area contributed by atoms with Gasteiger partial charge in [0.15, 0.2) is 0 Å². The van der Waals surface area contributed by atoms with Crippen molar-refractivity contribution in [3.63, 3.8) is 0 Å². The van der Waals surface area contributed by atoms with Crippen LogP contribution in [0.5, 0.6) is 0 Å². The molecule has 0 saturated carbocycles. The van der Waals surface area contributed by atoms with E-state index in [1.165, 1.54) is 22.0 Å². The van der Waals surface area contributed by atoms with Crippen molar-refractivity contribution >= 4 is 22.5 Å². The highest BCUT2D eigenvalue weighted by molar-refractivity contribution is 6.31. The highest BCUT2D eigenvalue weighted by Gasteiger charge is 2.08. The van der Waals surface area contributed by atoms with Crippen LogP contribution in [0.2, 0.25) is 5.02 Å². The van der Waals surface area contributed by atoms with E-state index >= 15 is 0 Å². The van der Waals surface area contributed by atoms with Crippen LogP contribution < -0.4 is 5.32 Å². The number of rotatable bonds is 5. The summed E-state index contributed by atoms with van der Waals surface area (Å²) in [5, 5.41) is 5.30. The number of nitrogens with one attached hydrogen (secondary N) is 1. The maximum atomic E-state index is 6.17. The van der Waals surface area contributed by atoms with Crippen LogP contribution in [-0.4, -0.2) is 11.6 Å². The molecule has 1 heterocycles. The predicted molar refractivity (Wildman–Crippen MR) is 89.9 cm³/mol. The number of fused-ring (bicyclic) bond motifs is 1. The lowest BCUT2D eigenvalue weighted by molar-refractivity contribution is 0.715. The van der Waals surface area contributed by atoms with Gasteiger partial charge in [0.25, 0.3) is 0 Å². The minimum absolute atomic E-state index is 0.789. The summed E-state index contributed by atoms with van der Waals surface area (Å²) in [6.45, 7) is 1.83. The summed E-state index contributed by atoms with van der Waals surface area (Å²) in [5.41, 5.74) is 3.89. The van der Waals surface area contributed by atoms with Crippen LogP contribution in [0.3, 0.4) is 0 Å². The second-order valence-corrected chi connectivity index (χ2v) is 5.71. The van der Waals surface area contributed by atoms with Crippen molar-refractivity contribution in [3.8, 4) is 0 Å². The normalized spacial score (nSPS) is 11.1. The molecule has 0 atom stereocenters. The van der Waals surface area contributed by atoms with Crippen LogP contribution in [-0.2, 0) is 19.5 Å². The molecule has 3 aromatic rings. The Morgan fingerprint density at radius 1 is 1.10 bits per heavy atom. The molecule has 3 heteroatoms. The molecule has 1 N–H and O–H groups in total. The van der Waals surface area contributed by atoms with Crippen LogP contribution >= 0.6 is 11.6 Å². The van der Waals surface area contributed by atoms with Crippen molar-refractivity contribution in [1.82, 2.24) is 9.88 Å². The minimum Gasteiger partial charge on any atom is -0.347 e. The molecule has 0 radical (unpaired) electrons. The zero-order valence-electron chi connectivity index (χ0n) is 12.1. The summed E-state index contributed by atoms with van der Waals surface area (Å²) in [4.78, 5) is 0. The van der Waals surface area contributed by atoms with Gasteiger partial charge in [-0.1, -0.05) is 48.0 Å². The molecule has 2 aromatic carbocycles. The Balaban J connectivity index is 1.92. The number of hydrogen-bond donors (Lipinski definition) is 1. The Kier molecular flexibility index (Phi) is 4.28. The smallest absolute Gasteiger partial charge is 0.0498 e. The van der Waals surface area contributed by atoms with Crippen LogP contribution in [0.25, 0.3) is 10.9 Å². The molecule has 2 nitrogen and oxygen atoms in total. The summed E-state index contributed by atoms with van der Waals surface area (Å²) in [6.07, 6.45) is 3.26. The molecule has 0 unspecified atom stereocenters. The SMILES string of the molecule is CNCc1cn(CCc2ccccc2)c2cc(Cl)ccc12. The predicted octanol–water partition coefficient (Wildman–Crippen LogP) is 4.26. The largest absolute Gasteiger partial charge is 0.347 e. The lowest BCUT2D eigenvalue weighted by Gasteiger charge is -2.06. The van der Waals surface area contributed by atoms with Gasteiger partial charge in [-0.25, -0.2) is 0 Å². The van der Waals surface area contributed by atoms with Gasteiger partial charge in [0.1, 0.15) is 0 Å². The fraction of sp³-hybridized carbons (Fsp3) is 0.222. The first-order chi connectivity index (χ1) is 10.3. The van der Waals surface area contributed by atoms with Gasteiger partial charge in [-0.15, -0.1) is 0 Å². The summed E-state index contributed by atoms with van der Waals surface area (Å²) in [7, 11) is 1.98. The molecule has 21 heavy (non-hydrogen) atoms. The minimum atomic E-state index is 0.789. The highest BCUT2D eigenvalue weighted by atomic mass is 35.5. The van der Waals surface area contributed by atoms with Gasteiger partial charge in [-0.2, -0.15) is 0 Å². The van der Waals surface area contributed by atoms with Gasteiger partial charge >= 0.3 is 0 Å². The molecule has 0 aliphatic carbocycles. The van der Waals surface area contributed by atoms with E-state index < -0.39 is 0 Å². The lowest BCUT2D eigenvalue weighted by Crippen LogP contribution is -2.04. The lowest BCUT2D eigenvalue weighted by atomic mass is 10.1. The van der Waals surface area contributed by atoms with Crippen LogP contribution in [0.4, 0.5) is 0 Å². The van der Waals surface area contributed by atoms with Crippen molar-refractivity contribution in [1.29, 1.82) is 0 Å². The van der Waals surface area contributed by atoms with Crippen molar-refractivity contribution in [2.75, 3.05) is 7.05 Å². The van der Waals surface area contributed by atoms with Crippen molar-refractivity contribution in [2.45, 2.75) is 19.5 Å². The molecule has 0 fully saturated rings. The Morgan fingerprint density at radius 2 is 1.90 bits per heavy atom. The first kappa shape index (κ1) is 14.2. The third kappa shape index (κ3) is 3.12. The van der Waals surface area contributed by atoms with E-state index in [1.54, 1.807) is 0 Å². The zero-order valence-corrected chi connectivity index (χ0v) is 12.9. The van der Waals surface area contributed by atoms with Gasteiger partial charge in [-0.05, 0) is 36.7 Å². The van der Waals surface area contributed by atoms with E-state index in [0.717, 1.165) is 24.5 Å². The quantitative estimate of drug-likeness (QED) is 0.745. The van der Waals surface area contributed by atoms with Crippen LogP contribution in [0.1, 0.15) is 11.1 Å². The highest BCUT2D eigenvalue weighted by Crippen LogP contribution is 2.25. The molecule has 0 spiro atoms. The van der Waals surface area contributed by atoms with Crippen molar-refractivity contribution in [2.24, 2.45) is 0 Å². The zero-order chi connectivity index (χ0) is 14.7. The molecule has 0 bridgehead atoms. The number of aryl methyl sites for hydroxylation is 2. The van der Waals surface area contributed by atoms with Crippen LogP contribution in [0, 0.1) is 0 Å². The molecule has 108 valence electrons. The van der Waals surface area contributed by atoms with Crippen molar-refractivity contribution < 1.29 is 0 Å². The molecule has 1 aromatic heterocycles. The fourth-order valence-electron chi connectivity index (χ4n) is 2.75. The van der Waals surface area contributed by atoms with Gasteiger partial charge in [0.2, 0.25) is 0 Å². The van der Waals surface area contributed by atoms with Gasteiger partial charge in [0, 0.05) is 35.2 Å². The van der Waals surface area contributed by atoms with E-state index in [4.69, 9.17) is 11.6 Å². The second-order valence-electron chi connectivity index (χ2n) is 5.28. The number of halogens is 1. The summed E-state index contributed by atoms with van der Waals surface area (Å²) in [5.74, 6) is 0. The number of nitrogens with zero attached hydrogens (tertiary/aromatic N) is 1. The van der Waals surface area contributed by atoms with E-state index in [-0.39, 0.29) is 0 Å².